The Hall–Kier alpha value is -1.67. The average Bonchev–Trinajstić information content (AvgIpc) is 3.69. The molecule has 7 atom stereocenters. The largest absolute Gasteiger partial charge is 0.373 e. The van der Waals surface area contributed by atoms with Gasteiger partial charge < -0.3 is 25.6 Å². The van der Waals surface area contributed by atoms with E-state index in [2.05, 4.69) is 16.0 Å². The molecule has 2 saturated carbocycles. The summed E-state index contributed by atoms with van der Waals surface area (Å²) in [6, 6.07) is -1.54. The molecule has 8 nitrogen and oxygen atoms in total. The van der Waals surface area contributed by atoms with Crippen molar-refractivity contribution in [2.24, 2.45) is 23.7 Å². The third kappa shape index (κ3) is 6.80. The molecule has 2 aliphatic carbocycles. The molecule has 2 aliphatic heterocycles. The number of fused-ring (bicyclic) bond motifs is 1. The van der Waals surface area contributed by atoms with Crippen molar-refractivity contribution in [2.75, 3.05) is 20.1 Å². The van der Waals surface area contributed by atoms with Crippen LogP contribution < -0.4 is 16.0 Å². The van der Waals surface area contributed by atoms with E-state index in [-0.39, 0.29) is 35.8 Å². The van der Waals surface area contributed by atoms with Gasteiger partial charge in [0.05, 0.1) is 18.2 Å². The van der Waals surface area contributed by atoms with Crippen LogP contribution >= 0.6 is 0 Å². The van der Waals surface area contributed by atoms with Crippen molar-refractivity contribution < 1.29 is 19.1 Å². The van der Waals surface area contributed by atoms with Crippen LogP contribution in [0.1, 0.15) is 85.0 Å². The van der Waals surface area contributed by atoms with Gasteiger partial charge in [-0.25, -0.2) is 0 Å². The molecule has 0 radical (unpaired) electrons. The molecule has 2 heterocycles. The Kier molecular flexibility index (Phi) is 9.31. The Morgan fingerprint density at radius 2 is 1.58 bits per heavy atom. The molecule has 4 rings (SSSR count). The Bertz CT molecular complexity index is 786. The van der Waals surface area contributed by atoms with Crippen molar-refractivity contribution in [3.8, 4) is 0 Å². The van der Waals surface area contributed by atoms with Crippen molar-refractivity contribution in [1.82, 2.24) is 20.9 Å². The third-order valence-corrected chi connectivity index (χ3v) is 8.91. The first-order chi connectivity index (χ1) is 17.2. The van der Waals surface area contributed by atoms with Crippen LogP contribution in [0, 0.1) is 23.7 Å². The normalized spacial score (nSPS) is 37.6. The molecule has 0 aromatic carbocycles. The van der Waals surface area contributed by atoms with Crippen LogP contribution in [0.4, 0.5) is 0 Å². The number of rotatable bonds is 3. The maximum absolute atomic E-state index is 13.5. The molecule has 36 heavy (non-hydrogen) atoms. The molecule has 4 fully saturated rings. The van der Waals surface area contributed by atoms with Gasteiger partial charge in [0.2, 0.25) is 17.7 Å². The second-order valence-electron chi connectivity index (χ2n) is 12.2. The number of amides is 3. The lowest BCUT2D eigenvalue weighted by Gasteiger charge is -2.44. The molecular weight excluding hydrogens is 456 g/mol. The summed E-state index contributed by atoms with van der Waals surface area (Å²) in [7, 11) is 1.70. The quantitative estimate of drug-likeness (QED) is 0.549. The molecule has 204 valence electrons. The van der Waals surface area contributed by atoms with E-state index in [4.69, 9.17) is 4.74 Å². The smallest absolute Gasteiger partial charge is 0.243 e. The number of hydrogen-bond acceptors (Lipinski definition) is 5. The summed E-state index contributed by atoms with van der Waals surface area (Å²) >= 11 is 0. The summed E-state index contributed by atoms with van der Waals surface area (Å²) in [4.78, 5) is 41.2. The Morgan fingerprint density at radius 1 is 0.917 bits per heavy atom. The van der Waals surface area contributed by atoms with Gasteiger partial charge in [-0.2, -0.15) is 0 Å². The van der Waals surface area contributed by atoms with Gasteiger partial charge >= 0.3 is 0 Å². The SMILES string of the molecule is CC(C)C[C@H]1NC(=O)[C@@H](C)N(C)C(=O)[C@H](C2CC2)NC[C@H]2CCC3CCC[C@H](CCCNC1=O)C3O2. The summed E-state index contributed by atoms with van der Waals surface area (Å²) in [5.74, 6) is 1.28. The minimum atomic E-state index is -0.656. The van der Waals surface area contributed by atoms with Crippen LogP contribution in [-0.2, 0) is 19.1 Å². The average molecular weight is 505 g/mol. The number of carbonyl (C=O) groups excluding carboxylic acids is 3. The first-order valence-corrected chi connectivity index (χ1v) is 14.5. The second kappa shape index (κ2) is 12.2. The minimum Gasteiger partial charge on any atom is -0.373 e. The zero-order valence-electron chi connectivity index (χ0n) is 22.8. The molecule has 0 spiro atoms. The van der Waals surface area contributed by atoms with Crippen LogP contribution in [0.25, 0.3) is 0 Å². The van der Waals surface area contributed by atoms with E-state index < -0.39 is 12.1 Å². The molecule has 4 aliphatic rings. The van der Waals surface area contributed by atoms with Crippen molar-refractivity contribution >= 4 is 17.7 Å². The molecule has 2 bridgehead atoms. The lowest BCUT2D eigenvalue weighted by Crippen LogP contribution is -2.57. The number of nitrogens with one attached hydrogen (secondary N) is 3. The fourth-order valence-corrected chi connectivity index (χ4v) is 6.46. The fraction of sp³-hybridized carbons (Fsp3) is 0.893. The van der Waals surface area contributed by atoms with E-state index in [1.807, 2.05) is 13.8 Å². The monoisotopic (exact) mass is 504 g/mol. The van der Waals surface area contributed by atoms with Gasteiger partial charge in [0.15, 0.2) is 0 Å². The standard InChI is InChI=1S/C28H48N4O4/c1-17(2)15-23-27(34)29-14-6-9-20-7-5-8-21-12-13-22(36-25(20)21)16-30-24(19-10-11-19)28(35)32(4)18(3)26(33)31-23/h17-25,30H,5-16H2,1-4H3,(H,29,34)(H,31,33)/t18-,20-,21?,22-,23-,24+,25?/m1/s1. The van der Waals surface area contributed by atoms with E-state index >= 15 is 0 Å². The van der Waals surface area contributed by atoms with Gasteiger partial charge in [0.25, 0.3) is 0 Å². The number of carbonyl (C=O) groups is 3. The highest BCUT2D eigenvalue weighted by Gasteiger charge is 2.42. The van der Waals surface area contributed by atoms with Crippen LogP contribution in [0.2, 0.25) is 0 Å². The molecule has 8 heteroatoms. The Morgan fingerprint density at radius 3 is 2.28 bits per heavy atom. The van der Waals surface area contributed by atoms with E-state index in [0.29, 0.717) is 43.4 Å². The lowest BCUT2D eigenvalue weighted by molar-refractivity contribution is -0.142. The number of likely N-dealkylation sites (N-methyl/N-ethyl adjacent to an activating group) is 1. The minimum absolute atomic E-state index is 0.0460. The molecule has 2 saturated heterocycles. The van der Waals surface area contributed by atoms with Gasteiger partial charge in [-0.15, -0.1) is 0 Å². The van der Waals surface area contributed by atoms with Gasteiger partial charge in [-0.3, -0.25) is 14.4 Å². The van der Waals surface area contributed by atoms with Crippen LogP contribution in [0.3, 0.4) is 0 Å². The van der Waals surface area contributed by atoms with Crippen LogP contribution in [-0.4, -0.2) is 73.1 Å². The first kappa shape index (κ1) is 27.4. The molecule has 2 unspecified atom stereocenters. The van der Waals surface area contributed by atoms with Crippen molar-refractivity contribution in [1.29, 1.82) is 0 Å². The Balaban J connectivity index is 1.51. The molecule has 3 amide bonds. The van der Waals surface area contributed by atoms with Crippen molar-refractivity contribution in [2.45, 2.75) is 115 Å². The van der Waals surface area contributed by atoms with E-state index in [1.165, 1.54) is 25.7 Å². The number of hydrogen-bond donors (Lipinski definition) is 3. The fourth-order valence-electron chi connectivity index (χ4n) is 6.46. The summed E-state index contributed by atoms with van der Waals surface area (Å²) in [5.41, 5.74) is 0. The predicted octanol–water partition coefficient (Wildman–Crippen LogP) is 2.61. The van der Waals surface area contributed by atoms with Crippen LogP contribution in [0.5, 0.6) is 0 Å². The van der Waals surface area contributed by atoms with Gasteiger partial charge in [0, 0.05) is 20.1 Å². The molecule has 0 aromatic heterocycles. The predicted molar refractivity (Wildman–Crippen MR) is 139 cm³/mol. The van der Waals surface area contributed by atoms with E-state index in [0.717, 1.165) is 32.1 Å². The molecular formula is C28H48N4O4. The summed E-state index contributed by atoms with van der Waals surface area (Å²) in [5, 5.41) is 9.57. The zero-order valence-corrected chi connectivity index (χ0v) is 22.8. The summed E-state index contributed by atoms with van der Waals surface area (Å²) in [6.07, 6.45) is 11.0. The second-order valence-corrected chi connectivity index (χ2v) is 12.2. The first-order valence-electron chi connectivity index (χ1n) is 14.5. The van der Waals surface area contributed by atoms with Gasteiger partial charge in [-0.05, 0) is 88.4 Å². The summed E-state index contributed by atoms with van der Waals surface area (Å²) < 4.78 is 6.69. The van der Waals surface area contributed by atoms with Crippen molar-refractivity contribution in [3.05, 3.63) is 0 Å². The highest BCUT2D eigenvalue weighted by molar-refractivity contribution is 5.93. The maximum Gasteiger partial charge on any atom is 0.243 e. The molecule has 0 aromatic rings. The van der Waals surface area contributed by atoms with Crippen LogP contribution in [0.15, 0.2) is 0 Å². The van der Waals surface area contributed by atoms with Crippen molar-refractivity contribution in [3.63, 3.8) is 0 Å². The Labute approximate surface area is 217 Å². The van der Waals surface area contributed by atoms with E-state index in [1.54, 1.807) is 18.9 Å². The van der Waals surface area contributed by atoms with Gasteiger partial charge in [-0.1, -0.05) is 20.3 Å². The van der Waals surface area contributed by atoms with Gasteiger partial charge in [0.1, 0.15) is 12.1 Å². The molecule has 3 N–H and O–H groups in total. The number of ether oxygens (including phenoxy) is 1. The number of nitrogens with zero attached hydrogens (tertiary/aromatic N) is 1. The maximum atomic E-state index is 13.5. The highest BCUT2D eigenvalue weighted by Crippen LogP contribution is 2.41. The third-order valence-electron chi connectivity index (χ3n) is 8.91. The summed E-state index contributed by atoms with van der Waals surface area (Å²) in [6.45, 7) is 7.14. The van der Waals surface area contributed by atoms with E-state index in [9.17, 15) is 14.4 Å². The topological polar surface area (TPSA) is 99.8 Å². The lowest BCUT2D eigenvalue weighted by atomic mass is 9.73. The zero-order chi connectivity index (χ0) is 25.8. The highest BCUT2D eigenvalue weighted by atomic mass is 16.5.